The summed E-state index contributed by atoms with van der Waals surface area (Å²) in [7, 11) is 0. The van der Waals surface area contributed by atoms with Crippen LogP contribution in [0.1, 0.15) is 18.1 Å². The van der Waals surface area contributed by atoms with Gasteiger partial charge in [0, 0.05) is 16.4 Å². The van der Waals surface area contributed by atoms with Gasteiger partial charge in [-0.15, -0.1) is 0 Å². The maximum Gasteiger partial charge on any atom is 0.323 e. The summed E-state index contributed by atoms with van der Waals surface area (Å²) in [5.41, 5.74) is 3.67. The highest BCUT2D eigenvalue weighted by molar-refractivity contribution is 6.31. The van der Waals surface area contributed by atoms with E-state index in [0.29, 0.717) is 10.7 Å². The zero-order valence-corrected chi connectivity index (χ0v) is 12.3. The van der Waals surface area contributed by atoms with E-state index < -0.39 is 0 Å². The Bertz CT molecular complexity index is 608. The van der Waals surface area contributed by atoms with Crippen molar-refractivity contribution < 1.29 is 4.79 Å². The van der Waals surface area contributed by atoms with E-state index in [-0.39, 0.29) is 6.03 Å². The molecule has 0 saturated heterocycles. The second-order valence-corrected chi connectivity index (χ2v) is 5.03. The smallest absolute Gasteiger partial charge is 0.308 e. The summed E-state index contributed by atoms with van der Waals surface area (Å²) in [4.78, 5) is 11.9. The van der Waals surface area contributed by atoms with Gasteiger partial charge in [-0.05, 0) is 48.7 Å². The maximum absolute atomic E-state index is 11.9. The van der Waals surface area contributed by atoms with Crippen molar-refractivity contribution in [1.29, 1.82) is 0 Å². The molecule has 0 aliphatic heterocycles. The lowest BCUT2D eigenvalue weighted by Crippen LogP contribution is -2.19. The second kappa shape index (κ2) is 6.44. The van der Waals surface area contributed by atoms with E-state index in [1.165, 1.54) is 5.56 Å². The first-order valence-corrected chi connectivity index (χ1v) is 6.89. The Kier molecular flexibility index (Phi) is 4.64. The van der Waals surface area contributed by atoms with Gasteiger partial charge in [0.1, 0.15) is 0 Å². The molecule has 0 aliphatic carbocycles. The van der Waals surface area contributed by atoms with Crippen molar-refractivity contribution in [2.45, 2.75) is 20.3 Å². The van der Waals surface area contributed by atoms with E-state index in [1.807, 2.05) is 37.3 Å². The van der Waals surface area contributed by atoms with Crippen molar-refractivity contribution in [3.8, 4) is 0 Å². The number of benzene rings is 2. The van der Waals surface area contributed by atoms with Crippen LogP contribution in [0, 0.1) is 6.92 Å². The number of anilines is 2. The molecule has 0 heterocycles. The van der Waals surface area contributed by atoms with Crippen molar-refractivity contribution in [2.75, 3.05) is 10.6 Å². The summed E-state index contributed by atoms with van der Waals surface area (Å²) >= 11 is 5.92. The van der Waals surface area contributed by atoms with Crippen LogP contribution in [0.2, 0.25) is 5.02 Å². The number of nitrogens with one attached hydrogen (secondary N) is 2. The highest BCUT2D eigenvalue weighted by Crippen LogP contribution is 2.20. The molecule has 0 saturated carbocycles. The van der Waals surface area contributed by atoms with Crippen molar-refractivity contribution in [1.82, 2.24) is 0 Å². The van der Waals surface area contributed by atoms with Gasteiger partial charge in [0.25, 0.3) is 0 Å². The highest BCUT2D eigenvalue weighted by Gasteiger charge is 2.05. The van der Waals surface area contributed by atoms with Gasteiger partial charge in [0.2, 0.25) is 0 Å². The molecule has 104 valence electrons. The SMILES string of the molecule is CCc1ccc(NC(=O)Nc2cc(Cl)ccc2C)cc1. The zero-order valence-electron chi connectivity index (χ0n) is 11.5. The predicted molar refractivity (Wildman–Crippen MR) is 84.7 cm³/mol. The Labute approximate surface area is 124 Å². The van der Waals surface area contributed by atoms with Gasteiger partial charge in [-0.3, -0.25) is 0 Å². The standard InChI is InChI=1S/C16H17ClN2O/c1-3-12-5-8-14(9-6-12)18-16(20)19-15-10-13(17)7-4-11(15)2/h4-10H,3H2,1-2H3,(H2,18,19,20). The van der Waals surface area contributed by atoms with Crippen LogP contribution in [0.15, 0.2) is 42.5 Å². The van der Waals surface area contributed by atoms with Gasteiger partial charge in [0.15, 0.2) is 0 Å². The third-order valence-electron chi connectivity index (χ3n) is 3.07. The van der Waals surface area contributed by atoms with Crippen LogP contribution >= 0.6 is 11.6 Å². The van der Waals surface area contributed by atoms with Gasteiger partial charge < -0.3 is 10.6 Å². The Hall–Kier alpha value is -2.00. The molecule has 0 radical (unpaired) electrons. The molecule has 2 rings (SSSR count). The number of carbonyl (C=O) groups excluding carboxylic acids is 1. The molecule has 20 heavy (non-hydrogen) atoms. The fourth-order valence-electron chi connectivity index (χ4n) is 1.84. The van der Waals surface area contributed by atoms with Crippen molar-refractivity contribution in [3.05, 3.63) is 58.6 Å². The minimum absolute atomic E-state index is 0.278. The molecule has 0 aromatic heterocycles. The molecule has 2 aromatic carbocycles. The van der Waals surface area contributed by atoms with E-state index in [0.717, 1.165) is 17.7 Å². The minimum atomic E-state index is -0.278. The molecule has 2 amide bonds. The molecule has 0 atom stereocenters. The minimum Gasteiger partial charge on any atom is -0.308 e. The number of urea groups is 1. The van der Waals surface area contributed by atoms with Crippen molar-refractivity contribution in [2.24, 2.45) is 0 Å². The monoisotopic (exact) mass is 288 g/mol. The summed E-state index contributed by atoms with van der Waals surface area (Å²) in [5, 5.41) is 6.18. The zero-order chi connectivity index (χ0) is 14.5. The van der Waals surface area contributed by atoms with Crippen LogP contribution < -0.4 is 10.6 Å². The molecule has 0 aliphatic rings. The molecule has 3 nitrogen and oxygen atoms in total. The van der Waals surface area contributed by atoms with E-state index in [4.69, 9.17) is 11.6 Å². The molecule has 0 bridgehead atoms. The molecule has 0 spiro atoms. The van der Waals surface area contributed by atoms with Gasteiger partial charge in [-0.25, -0.2) is 4.79 Å². The number of halogens is 1. The maximum atomic E-state index is 11.9. The Morgan fingerprint density at radius 1 is 1.10 bits per heavy atom. The average molecular weight is 289 g/mol. The Balaban J connectivity index is 2.03. The average Bonchev–Trinajstić information content (AvgIpc) is 2.43. The molecule has 2 aromatic rings. The Morgan fingerprint density at radius 3 is 2.45 bits per heavy atom. The highest BCUT2D eigenvalue weighted by atomic mass is 35.5. The summed E-state index contributed by atoms with van der Waals surface area (Å²) in [5.74, 6) is 0. The van der Waals surface area contributed by atoms with Gasteiger partial charge in [0.05, 0.1) is 0 Å². The lowest BCUT2D eigenvalue weighted by molar-refractivity contribution is 0.262. The van der Waals surface area contributed by atoms with E-state index in [2.05, 4.69) is 17.6 Å². The first-order chi connectivity index (χ1) is 9.58. The largest absolute Gasteiger partial charge is 0.323 e. The third kappa shape index (κ3) is 3.75. The normalized spacial score (nSPS) is 10.2. The Morgan fingerprint density at radius 2 is 1.80 bits per heavy atom. The summed E-state index contributed by atoms with van der Waals surface area (Å²) in [6.45, 7) is 4.01. The molecule has 4 heteroatoms. The first kappa shape index (κ1) is 14.4. The van der Waals surface area contributed by atoms with Crippen LogP contribution in [0.5, 0.6) is 0 Å². The predicted octanol–water partition coefficient (Wildman–Crippen LogP) is 4.85. The fourth-order valence-corrected chi connectivity index (χ4v) is 2.01. The van der Waals surface area contributed by atoms with Crippen LogP contribution in [0.3, 0.4) is 0 Å². The topological polar surface area (TPSA) is 41.1 Å². The van der Waals surface area contributed by atoms with E-state index in [1.54, 1.807) is 12.1 Å². The molecule has 0 unspecified atom stereocenters. The van der Waals surface area contributed by atoms with Crippen LogP contribution in [0.4, 0.5) is 16.2 Å². The molecule has 0 fully saturated rings. The lowest BCUT2D eigenvalue weighted by Gasteiger charge is -2.10. The number of amides is 2. The lowest BCUT2D eigenvalue weighted by atomic mass is 10.1. The van der Waals surface area contributed by atoms with Crippen LogP contribution in [-0.4, -0.2) is 6.03 Å². The number of rotatable bonds is 3. The van der Waals surface area contributed by atoms with E-state index in [9.17, 15) is 4.79 Å². The number of carbonyl (C=O) groups is 1. The number of aryl methyl sites for hydroxylation is 2. The van der Waals surface area contributed by atoms with Crippen molar-refractivity contribution >= 4 is 29.0 Å². The molecule has 2 N–H and O–H groups in total. The van der Waals surface area contributed by atoms with Gasteiger partial charge in [-0.2, -0.15) is 0 Å². The first-order valence-electron chi connectivity index (χ1n) is 6.51. The van der Waals surface area contributed by atoms with Crippen LogP contribution in [-0.2, 0) is 6.42 Å². The van der Waals surface area contributed by atoms with E-state index >= 15 is 0 Å². The summed E-state index contributed by atoms with van der Waals surface area (Å²) in [6, 6.07) is 12.9. The van der Waals surface area contributed by atoms with Gasteiger partial charge in [-0.1, -0.05) is 36.7 Å². The van der Waals surface area contributed by atoms with Gasteiger partial charge >= 0.3 is 6.03 Å². The molecular formula is C16H17ClN2O. The van der Waals surface area contributed by atoms with Crippen molar-refractivity contribution in [3.63, 3.8) is 0 Å². The summed E-state index contributed by atoms with van der Waals surface area (Å²) in [6.07, 6.45) is 0.980. The summed E-state index contributed by atoms with van der Waals surface area (Å²) < 4.78 is 0. The third-order valence-corrected chi connectivity index (χ3v) is 3.30. The fraction of sp³-hybridized carbons (Fsp3) is 0.188. The second-order valence-electron chi connectivity index (χ2n) is 4.59. The van der Waals surface area contributed by atoms with Crippen LogP contribution in [0.25, 0.3) is 0 Å². The number of hydrogen-bond donors (Lipinski definition) is 2. The number of hydrogen-bond acceptors (Lipinski definition) is 1. The molecular weight excluding hydrogens is 272 g/mol. The quantitative estimate of drug-likeness (QED) is 0.832.